The van der Waals surface area contributed by atoms with Crippen molar-refractivity contribution >= 4 is 11.6 Å². The van der Waals surface area contributed by atoms with Gasteiger partial charge in [-0.15, -0.1) is 0 Å². The largest absolute Gasteiger partial charge is 0.335 e. The maximum absolute atomic E-state index is 12.6. The van der Waals surface area contributed by atoms with Crippen LogP contribution in [0.5, 0.6) is 0 Å². The number of imidazole rings is 1. The summed E-state index contributed by atoms with van der Waals surface area (Å²) in [5.74, 6) is -0.259. The standard InChI is InChI=1S/C9H6ClFN2/c10-9-12-5-8(13-9)6-1-3-7(11)4-2-6/h1-5H,(H,12,13). The predicted octanol–water partition coefficient (Wildman–Crippen LogP) is 2.87. The molecular formula is C9H6ClFN2. The maximum Gasteiger partial charge on any atom is 0.200 e. The van der Waals surface area contributed by atoms with Crippen LogP contribution in [0.4, 0.5) is 4.39 Å². The van der Waals surface area contributed by atoms with Crippen LogP contribution < -0.4 is 0 Å². The van der Waals surface area contributed by atoms with E-state index in [1.54, 1.807) is 18.3 Å². The molecule has 1 aromatic heterocycles. The smallest absolute Gasteiger partial charge is 0.200 e. The van der Waals surface area contributed by atoms with E-state index in [1.165, 1.54) is 12.1 Å². The van der Waals surface area contributed by atoms with Gasteiger partial charge in [-0.1, -0.05) is 0 Å². The van der Waals surface area contributed by atoms with Crippen molar-refractivity contribution in [1.29, 1.82) is 0 Å². The number of aromatic amines is 1. The van der Waals surface area contributed by atoms with Gasteiger partial charge in [0.25, 0.3) is 0 Å². The molecule has 0 fully saturated rings. The predicted molar refractivity (Wildman–Crippen MR) is 49.0 cm³/mol. The lowest BCUT2D eigenvalue weighted by molar-refractivity contribution is 0.628. The minimum Gasteiger partial charge on any atom is -0.335 e. The quantitative estimate of drug-likeness (QED) is 0.747. The molecule has 0 amide bonds. The summed E-state index contributed by atoms with van der Waals surface area (Å²) in [7, 11) is 0. The molecule has 0 unspecified atom stereocenters. The fourth-order valence-corrected chi connectivity index (χ4v) is 1.21. The summed E-state index contributed by atoms with van der Waals surface area (Å²) in [6.45, 7) is 0. The molecule has 66 valence electrons. The number of rotatable bonds is 1. The minimum atomic E-state index is -0.259. The molecule has 2 aromatic rings. The van der Waals surface area contributed by atoms with Gasteiger partial charge in [0.05, 0.1) is 5.69 Å². The molecule has 13 heavy (non-hydrogen) atoms. The number of hydrogen-bond donors (Lipinski definition) is 1. The van der Waals surface area contributed by atoms with E-state index in [0.29, 0.717) is 11.0 Å². The second-order valence-electron chi connectivity index (χ2n) is 2.58. The highest BCUT2D eigenvalue weighted by Gasteiger charge is 2.01. The lowest BCUT2D eigenvalue weighted by Gasteiger charge is -1.94. The van der Waals surface area contributed by atoms with Crippen LogP contribution in [-0.4, -0.2) is 9.97 Å². The number of halogens is 2. The molecule has 0 saturated carbocycles. The first-order valence-corrected chi connectivity index (χ1v) is 4.10. The lowest BCUT2D eigenvalue weighted by atomic mass is 10.2. The van der Waals surface area contributed by atoms with Crippen LogP contribution in [-0.2, 0) is 0 Å². The van der Waals surface area contributed by atoms with Crippen molar-refractivity contribution in [1.82, 2.24) is 9.97 Å². The van der Waals surface area contributed by atoms with Crippen molar-refractivity contribution in [3.05, 3.63) is 41.6 Å². The second kappa shape index (κ2) is 3.18. The molecule has 4 heteroatoms. The summed E-state index contributed by atoms with van der Waals surface area (Å²) >= 11 is 5.60. The van der Waals surface area contributed by atoms with Crippen LogP contribution in [0.2, 0.25) is 5.28 Å². The van der Waals surface area contributed by atoms with Crippen molar-refractivity contribution in [3.8, 4) is 11.3 Å². The Morgan fingerprint density at radius 3 is 2.46 bits per heavy atom. The van der Waals surface area contributed by atoms with Crippen LogP contribution in [0.25, 0.3) is 11.3 Å². The van der Waals surface area contributed by atoms with Crippen LogP contribution in [0, 0.1) is 5.82 Å². The molecule has 0 bridgehead atoms. The Labute approximate surface area is 79.4 Å². The number of nitrogens with zero attached hydrogens (tertiary/aromatic N) is 1. The highest BCUT2D eigenvalue weighted by Crippen LogP contribution is 2.18. The van der Waals surface area contributed by atoms with Gasteiger partial charge in [0, 0.05) is 11.8 Å². The summed E-state index contributed by atoms with van der Waals surface area (Å²) in [4.78, 5) is 6.74. The van der Waals surface area contributed by atoms with E-state index in [2.05, 4.69) is 9.97 Å². The van der Waals surface area contributed by atoms with Crippen molar-refractivity contribution < 1.29 is 4.39 Å². The SMILES string of the molecule is Fc1ccc(-c2c[nH]c(Cl)n2)cc1. The molecule has 0 atom stereocenters. The first-order chi connectivity index (χ1) is 6.25. The van der Waals surface area contributed by atoms with E-state index in [0.717, 1.165) is 5.56 Å². The van der Waals surface area contributed by atoms with E-state index in [9.17, 15) is 4.39 Å². The van der Waals surface area contributed by atoms with E-state index < -0.39 is 0 Å². The van der Waals surface area contributed by atoms with Gasteiger partial charge in [-0.2, -0.15) is 0 Å². The topological polar surface area (TPSA) is 28.7 Å². The highest BCUT2D eigenvalue weighted by molar-refractivity contribution is 6.28. The minimum absolute atomic E-state index is 0.259. The molecule has 0 aliphatic rings. The van der Waals surface area contributed by atoms with Crippen LogP contribution >= 0.6 is 11.6 Å². The fraction of sp³-hybridized carbons (Fsp3) is 0. The van der Waals surface area contributed by atoms with Gasteiger partial charge in [-0.05, 0) is 35.9 Å². The van der Waals surface area contributed by atoms with Crippen LogP contribution in [0.1, 0.15) is 0 Å². The van der Waals surface area contributed by atoms with E-state index in [4.69, 9.17) is 11.6 Å². The van der Waals surface area contributed by atoms with Crippen LogP contribution in [0.3, 0.4) is 0 Å². The Morgan fingerprint density at radius 2 is 1.92 bits per heavy atom. The van der Waals surface area contributed by atoms with Gasteiger partial charge >= 0.3 is 0 Å². The molecule has 0 aliphatic heterocycles. The molecule has 0 spiro atoms. The molecule has 0 saturated heterocycles. The summed E-state index contributed by atoms with van der Waals surface area (Å²) in [6, 6.07) is 6.08. The normalized spacial score (nSPS) is 10.3. The van der Waals surface area contributed by atoms with Crippen molar-refractivity contribution in [3.63, 3.8) is 0 Å². The summed E-state index contributed by atoms with van der Waals surface area (Å²) in [6.07, 6.45) is 1.68. The number of aromatic nitrogens is 2. The van der Waals surface area contributed by atoms with E-state index in [-0.39, 0.29) is 5.82 Å². The number of H-pyrrole nitrogens is 1. The molecule has 2 nitrogen and oxygen atoms in total. The van der Waals surface area contributed by atoms with Crippen molar-refractivity contribution in [2.75, 3.05) is 0 Å². The Kier molecular flexibility index (Phi) is 2.02. The van der Waals surface area contributed by atoms with Crippen LogP contribution in [0.15, 0.2) is 30.5 Å². The molecule has 1 aromatic carbocycles. The van der Waals surface area contributed by atoms with Gasteiger partial charge in [0.15, 0.2) is 0 Å². The third kappa shape index (κ3) is 1.70. The Balaban J connectivity index is 2.41. The second-order valence-corrected chi connectivity index (χ2v) is 2.94. The van der Waals surface area contributed by atoms with E-state index >= 15 is 0 Å². The Hall–Kier alpha value is -1.35. The Bertz CT molecular complexity index is 408. The monoisotopic (exact) mass is 196 g/mol. The average Bonchev–Trinajstić information content (AvgIpc) is 2.53. The molecule has 2 rings (SSSR count). The number of hydrogen-bond acceptors (Lipinski definition) is 1. The summed E-state index contributed by atoms with van der Waals surface area (Å²) in [5.41, 5.74) is 1.55. The Morgan fingerprint density at radius 1 is 1.23 bits per heavy atom. The summed E-state index contributed by atoms with van der Waals surface area (Å²) in [5, 5.41) is 0.333. The molecule has 1 heterocycles. The fourth-order valence-electron chi connectivity index (χ4n) is 1.07. The number of nitrogens with one attached hydrogen (secondary N) is 1. The van der Waals surface area contributed by atoms with Gasteiger partial charge in [-0.3, -0.25) is 0 Å². The van der Waals surface area contributed by atoms with Gasteiger partial charge < -0.3 is 4.98 Å². The third-order valence-electron chi connectivity index (χ3n) is 1.69. The van der Waals surface area contributed by atoms with Gasteiger partial charge in [0.1, 0.15) is 5.82 Å². The van der Waals surface area contributed by atoms with Crippen molar-refractivity contribution in [2.45, 2.75) is 0 Å². The third-order valence-corrected chi connectivity index (χ3v) is 1.88. The molecule has 1 N–H and O–H groups in total. The van der Waals surface area contributed by atoms with E-state index in [1.807, 2.05) is 0 Å². The molecular weight excluding hydrogens is 191 g/mol. The molecule has 0 aliphatic carbocycles. The zero-order valence-corrected chi connectivity index (χ0v) is 7.35. The lowest BCUT2D eigenvalue weighted by Crippen LogP contribution is -1.77. The zero-order chi connectivity index (χ0) is 9.26. The van der Waals surface area contributed by atoms with Crippen molar-refractivity contribution in [2.24, 2.45) is 0 Å². The zero-order valence-electron chi connectivity index (χ0n) is 6.59. The highest BCUT2D eigenvalue weighted by atomic mass is 35.5. The average molecular weight is 197 g/mol. The number of benzene rings is 1. The maximum atomic E-state index is 12.6. The first kappa shape index (κ1) is 8.26. The van der Waals surface area contributed by atoms with Gasteiger partial charge in [0.2, 0.25) is 5.28 Å². The first-order valence-electron chi connectivity index (χ1n) is 3.72. The summed E-state index contributed by atoms with van der Waals surface area (Å²) < 4.78 is 12.6. The molecule has 0 radical (unpaired) electrons. The van der Waals surface area contributed by atoms with Gasteiger partial charge in [-0.25, -0.2) is 9.37 Å².